The number of anilines is 2. The van der Waals surface area contributed by atoms with E-state index in [0.717, 1.165) is 0 Å². The Labute approximate surface area is 207 Å². The highest BCUT2D eigenvalue weighted by Crippen LogP contribution is 2.53. The zero-order valence-electron chi connectivity index (χ0n) is 19.9. The van der Waals surface area contributed by atoms with Gasteiger partial charge >= 0.3 is 5.97 Å². The largest absolute Gasteiger partial charge is 0.496 e. The summed E-state index contributed by atoms with van der Waals surface area (Å²) in [6.07, 6.45) is 1.61. The van der Waals surface area contributed by atoms with E-state index in [2.05, 4.69) is 5.32 Å². The van der Waals surface area contributed by atoms with Crippen LogP contribution in [0.15, 0.2) is 36.0 Å². The fraction of sp³-hybridized carbons (Fsp3) is 0.320. The van der Waals surface area contributed by atoms with E-state index in [0.29, 0.717) is 23.5 Å². The van der Waals surface area contributed by atoms with Crippen molar-refractivity contribution in [3.8, 4) is 17.2 Å². The molecule has 0 radical (unpaired) electrons. The highest BCUT2D eigenvalue weighted by Gasteiger charge is 2.60. The number of carboxylic acid groups (broad SMARTS) is 1. The lowest BCUT2D eigenvalue weighted by molar-refractivity contribution is -0.129. The van der Waals surface area contributed by atoms with E-state index in [1.165, 1.54) is 32.4 Å². The highest BCUT2D eigenvalue weighted by molar-refractivity contribution is 6.36. The third-order valence-electron chi connectivity index (χ3n) is 6.32. The van der Waals surface area contributed by atoms with Crippen molar-refractivity contribution < 1.29 is 33.7 Å². The fourth-order valence-electron chi connectivity index (χ4n) is 4.58. The number of benzene rings is 2. The molecule has 2 atom stereocenters. The highest BCUT2D eigenvalue weighted by atomic mass is 35.5. The second-order valence-corrected chi connectivity index (χ2v) is 9.04. The van der Waals surface area contributed by atoms with Crippen molar-refractivity contribution in [3.05, 3.63) is 52.2 Å². The van der Waals surface area contributed by atoms with Crippen LogP contribution < -0.4 is 24.4 Å². The smallest absolute Gasteiger partial charge is 0.337 e. The summed E-state index contributed by atoms with van der Waals surface area (Å²) in [5, 5.41) is 12.8. The van der Waals surface area contributed by atoms with Gasteiger partial charge in [0.15, 0.2) is 5.75 Å². The van der Waals surface area contributed by atoms with E-state index in [1.807, 2.05) is 0 Å². The van der Waals surface area contributed by atoms with E-state index in [4.69, 9.17) is 25.8 Å². The number of hydrogen-bond donors (Lipinski definition) is 2. The lowest BCUT2D eigenvalue weighted by Gasteiger charge is -2.35. The number of ketones is 2. The molecule has 10 heteroatoms. The number of carbonyl (C=O) groups is 3. The predicted molar refractivity (Wildman–Crippen MR) is 130 cm³/mol. The van der Waals surface area contributed by atoms with Crippen molar-refractivity contribution in [1.29, 1.82) is 0 Å². The molecule has 2 aliphatic rings. The molecule has 2 aromatic carbocycles. The van der Waals surface area contributed by atoms with Gasteiger partial charge in [-0.1, -0.05) is 18.5 Å². The van der Waals surface area contributed by atoms with Crippen LogP contribution in [0.3, 0.4) is 0 Å². The topological polar surface area (TPSA) is 114 Å². The minimum Gasteiger partial charge on any atom is -0.496 e. The van der Waals surface area contributed by atoms with E-state index in [1.54, 1.807) is 38.1 Å². The first-order chi connectivity index (χ1) is 16.5. The molecule has 0 unspecified atom stereocenters. The predicted octanol–water partition coefficient (Wildman–Crippen LogP) is 4.04. The van der Waals surface area contributed by atoms with Crippen molar-refractivity contribution in [3.63, 3.8) is 0 Å². The summed E-state index contributed by atoms with van der Waals surface area (Å²) in [5.41, 5.74) is 0.0312. The van der Waals surface area contributed by atoms with Crippen molar-refractivity contribution in [2.75, 3.05) is 38.5 Å². The number of Topliss-reactive ketones (excluding diaryl/α,β-unsaturated/α-hetero) is 1. The molecule has 2 N–H and O–H groups in total. The summed E-state index contributed by atoms with van der Waals surface area (Å²) in [6, 6.07) is 6.40. The summed E-state index contributed by atoms with van der Waals surface area (Å²) in [7, 11) is 6.34. The Morgan fingerprint density at radius 3 is 2.46 bits per heavy atom. The van der Waals surface area contributed by atoms with Crippen LogP contribution in [-0.4, -0.2) is 56.6 Å². The molecule has 2 aromatic rings. The molecule has 0 aromatic heterocycles. The van der Waals surface area contributed by atoms with Crippen molar-refractivity contribution in [2.24, 2.45) is 5.92 Å². The van der Waals surface area contributed by atoms with Crippen LogP contribution in [0.4, 0.5) is 11.4 Å². The molecular formula is C25H25ClN2O7. The number of ether oxygens (including phenoxy) is 3. The van der Waals surface area contributed by atoms with Crippen LogP contribution in [0.2, 0.25) is 5.02 Å². The summed E-state index contributed by atoms with van der Waals surface area (Å²) in [4.78, 5) is 40.4. The van der Waals surface area contributed by atoms with E-state index in [-0.39, 0.29) is 33.4 Å². The van der Waals surface area contributed by atoms with Gasteiger partial charge in [0.25, 0.3) is 0 Å². The number of hydrogen-bond acceptors (Lipinski definition) is 8. The number of aromatic carboxylic acids is 1. The summed E-state index contributed by atoms with van der Waals surface area (Å²) in [6.45, 7) is 1.74. The molecule has 0 amide bonds. The van der Waals surface area contributed by atoms with E-state index in [9.17, 15) is 19.5 Å². The van der Waals surface area contributed by atoms with Gasteiger partial charge in [-0.2, -0.15) is 0 Å². The SMILES string of the molecule is COc1cc(OC)c2c(c1Cl)O[C@@]1(C(=O)C=C(Nc3ccc(N(C)C)c(C(=O)O)c3)C[C@H]1C)C2=O. The fourth-order valence-corrected chi connectivity index (χ4v) is 4.84. The number of allylic oxidation sites excluding steroid dienone is 1. The van der Waals surface area contributed by atoms with E-state index < -0.39 is 29.1 Å². The minimum atomic E-state index is -1.78. The van der Waals surface area contributed by atoms with Gasteiger partial charge in [-0.15, -0.1) is 0 Å². The van der Waals surface area contributed by atoms with Crippen molar-refractivity contribution >= 4 is 40.5 Å². The zero-order chi connectivity index (χ0) is 25.7. The third-order valence-corrected chi connectivity index (χ3v) is 6.68. The van der Waals surface area contributed by atoms with Crippen LogP contribution >= 0.6 is 11.6 Å². The third kappa shape index (κ3) is 3.76. The Hall–Kier alpha value is -3.72. The summed E-state index contributed by atoms with van der Waals surface area (Å²) in [5.74, 6) is -2.17. The van der Waals surface area contributed by atoms with Gasteiger partial charge in [-0.3, -0.25) is 9.59 Å². The number of fused-ring (bicyclic) bond motifs is 1. The Balaban J connectivity index is 1.69. The lowest BCUT2D eigenvalue weighted by Crippen LogP contribution is -2.55. The maximum absolute atomic E-state index is 13.6. The Morgan fingerprint density at radius 1 is 1.20 bits per heavy atom. The number of rotatable bonds is 6. The van der Waals surface area contributed by atoms with Crippen LogP contribution in [0.25, 0.3) is 0 Å². The van der Waals surface area contributed by atoms with Gasteiger partial charge in [0.1, 0.15) is 22.1 Å². The molecule has 4 rings (SSSR count). The van der Waals surface area contributed by atoms with Gasteiger partial charge in [-0.25, -0.2) is 4.79 Å². The summed E-state index contributed by atoms with van der Waals surface area (Å²) >= 11 is 6.41. The molecular weight excluding hydrogens is 476 g/mol. The molecule has 9 nitrogen and oxygen atoms in total. The Kier molecular flexibility index (Phi) is 6.14. The molecule has 1 heterocycles. The molecule has 184 valence electrons. The molecule has 0 bridgehead atoms. The monoisotopic (exact) mass is 500 g/mol. The minimum absolute atomic E-state index is 0.0586. The molecule has 35 heavy (non-hydrogen) atoms. The lowest BCUT2D eigenvalue weighted by atomic mass is 9.74. The van der Waals surface area contributed by atoms with Crippen molar-refractivity contribution in [2.45, 2.75) is 18.9 Å². The van der Waals surface area contributed by atoms with Crippen molar-refractivity contribution in [1.82, 2.24) is 0 Å². The normalized spacial score (nSPS) is 20.7. The molecule has 0 saturated carbocycles. The molecule has 1 aliphatic carbocycles. The average molecular weight is 501 g/mol. The second-order valence-electron chi connectivity index (χ2n) is 8.66. The number of carbonyl (C=O) groups excluding carboxylic acids is 2. The van der Waals surface area contributed by atoms with Crippen LogP contribution in [0.5, 0.6) is 17.2 Å². The first-order valence-electron chi connectivity index (χ1n) is 10.8. The number of nitrogens with zero attached hydrogens (tertiary/aromatic N) is 1. The van der Waals surface area contributed by atoms with Gasteiger partial charge in [0, 0.05) is 43.5 Å². The average Bonchev–Trinajstić information content (AvgIpc) is 3.12. The Morgan fingerprint density at radius 2 is 1.89 bits per heavy atom. The molecule has 0 fully saturated rings. The summed E-state index contributed by atoms with van der Waals surface area (Å²) < 4.78 is 16.6. The van der Waals surface area contributed by atoms with Crippen LogP contribution in [-0.2, 0) is 4.79 Å². The first-order valence-corrected chi connectivity index (χ1v) is 11.2. The number of nitrogens with one attached hydrogen (secondary N) is 1. The second kappa shape index (κ2) is 8.81. The Bertz CT molecular complexity index is 1290. The van der Waals surface area contributed by atoms with Crippen LogP contribution in [0, 0.1) is 5.92 Å². The zero-order valence-corrected chi connectivity index (χ0v) is 20.6. The van der Waals surface area contributed by atoms with Gasteiger partial charge in [0.2, 0.25) is 17.2 Å². The number of halogens is 1. The number of methoxy groups -OCH3 is 2. The molecule has 1 aliphatic heterocycles. The quantitative estimate of drug-likeness (QED) is 0.567. The van der Waals surface area contributed by atoms with E-state index >= 15 is 0 Å². The van der Waals surface area contributed by atoms with Crippen LogP contribution in [0.1, 0.15) is 34.1 Å². The first kappa shape index (κ1) is 24.4. The van der Waals surface area contributed by atoms with Gasteiger partial charge in [0.05, 0.1) is 25.5 Å². The maximum atomic E-state index is 13.6. The molecule has 1 spiro atoms. The molecule has 0 saturated heterocycles. The number of carboxylic acids is 1. The van der Waals surface area contributed by atoms with Gasteiger partial charge < -0.3 is 29.5 Å². The maximum Gasteiger partial charge on any atom is 0.337 e. The van der Waals surface area contributed by atoms with Gasteiger partial charge in [-0.05, 0) is 24.6 Å². The standard InChI is InChI=1S/C25H25ClN2O7/c1-12-8-14(27-13-6-7-16(28(2)3)15(9-13)24(31)32)10-19(29)25(12)23(30)20-17(33-4)11-18(34-5)21(26)22(20)35-25/h6-7,9-12,27H,8H2,1-5H3,(H,31,32)/t12-,25+/m1/s1.